The molecule has 1 aliphatic rings. The molecular weight excluding hydrogens is 190 g/mol. The average molecular weight is 205 g/mol. The first-order valence-electron chi connectivity index (χ1n) is 4.44. The van der Waals surface area contributed by atoms with E-state index >= 15 is 0 Å². The van der Waals surface area contributed by atoms with Crippen molar-refractivity contribution in [1.82, 2.24) is 5.32 Å². The van der Waals surface area contributed by atoms with E-state index in [0.29, 0.717) is 0 Å². The number of rotatable bonds is 2. The van der Waals surface area contributed by atoms with Crippen LogP contribution in [0.1, 0.15) is 13.3 Å². The van der Waals surface area contributed by atoms with Gasteiger partial charge in [-0.05, 0) is 0 Å². The molecule has 6 heteroatoms. The zero-order valence-corrected chi connectivity index (χ0v) is 7.88. The van der Waals surface area contributed by atoms with Gasteiger partial charge in [-0.2, -0.15) is 0 Å². The van der Waals surface area contributed by atoms with E-state index in [9.17, 15) is 15.0 Å². The lowest BCUT2D eigenvalue weighted by atomic mass is 10.0. The minimum Gasteiger partial charge on any atom is -0.394 e. The number of ether oxygens (including phenoxy) is 1. The van der Waals surface area contributed by atoms with E-state index in [2.05, 4.69) is 5.32 Å². The summed E-state index contributed by atoms with van der Waals surface area (Å²) in [7, 11) is 0. The highest BCUT2D eigenvalue weighted by Crippen LogP contribution is 2.18. The molecule has 1 saturated heterocycles. The molecule has 0 aromatic heterocycles. The van der Waals surface area contributed by atoms with Crippen LogP contribution in [-0.4, -0.2) is 52.4 Å². The van der Waals surface area contributed by atoms with Crippen LogP contribution in [0, 0.1) is 0 Å². The third-order valence-electron chi connectivity index (χ3n) is 2.15. The van der Waals surface area contributed by atoms with Gasteiger partial charge in [0.15, 0.2) is 6.29 Å². The molecule has 4 N–H and O–H groups in total. The first-order valence-corrected chi connectivity index (χ1v) is 4.44. The van der Waals surface area contributed by atoms with Gasteiger partial charge in [0.05, 0.1) is 18.8 Å². The summed E-state index contributed by atoms with van der Waals surface area (Å²) in [5.41, 5.74) is 0. The summed E-state index contributed by atoms with van der Waals surface area (Å²) in [4.78, 5) is 10.7. The molecule has 82 valence electrons. The van der Waals surface area contributed by atoms with Crippen molar-refractivity contribution in [2.24, 2.45) is 0 Å². The van der Waals surface area contributed by atoms with Crippen LogP contribution in [0.25, 0.3) is 0 Å². The van der Waals surface area contributed by atoms with Gasteiger partial charge in [0, 0.05) is 13.3 Å². The molecule has 0 bridgehead atoms. The molecule has 0 aromatic rings. The Morgan fingerprint density at radius 3 is 2.71 bits per heavy atom. The molecule has 14 heavy (non-hydrogen) atoms. The first-order chi connectivity index (χ1) is 6.54. The van der Waals surface area contributed by atoms with Gasteiger partial charge in [-0.1, -0.05) is 0 Å². The fourth-order valence-electron chi connectivity index (χ4n) is 1.45. The van der Waals surface area contributed by atoms with Gasteiger partial charge < -0.3 is 25.4 Å². The quantitative estimate of drug-likeness (QED) is 0.416. The summed E-state index contributed by atoms with van der Waals surface area (Å²) >= 11 is 0. The number of aliphatic hydroxyl groups excluding tert-OH is 3. The molecule has 1 unspecified atom stereocenters. The Balaban J connectivity index is 2.52. The predicted octanol–water partition coefficient (Wildman–Crippen LogP) is -2.05. The number of hydrogen-bond acceptors (Lipinski definition) is 5. The van der Waals surface area contributed by atoms with Crippen molar-refractivity contribution in [3.05, 3.63) is 0 Å². The van der Waals surface area contributed by atoms with E-state index in [1.54, 1.807) is 0 Å². The zero-order valence-electron chi connectivity index (χ0n) is 7.88. The second kappa shape index (κ2) is 4.70. The highest BCUT2D eigenvalue weighted by atomic mass is 16.6. The maximum atomic E-state index is 10.7. The summed E-state index contributed by atoms with van der Waals surface area (Å²) in [6, 6.07) is -0.620. The number of carbonyl (C=O) groups is 1. The Morgan fingerprint density at radius 1 is 1.57 bits per heavy atom. The first kappa shape index (κ1) is 11.4. The number of carbonyl (C=O) groups excluding carboxylic acids is 1. The van der Waals surface area contributed by atoms with Gasteiger partial charge in [0.2, 0.25) is 5.91 Å². The molecule has 0 aliphatic carbocycles. The smallest absolute Gasteiger partial charge is 0.217 e. The highest BCUT2D eigenvalue weighted by molar-refractivity contribution is 5.73. The van der Waals surface area contributed by atoms with Crippen molar-refractivity contribution in [3.63, 3.8) is 0 Å². The van der Waals surface area contributed by atoms with Gasteiger partial charge in [0.1, 0.15) is 6.10 Å². The van der Waals surface area contributed by atoms with E-state index in [1.165, 1.54) is 6.92 Å². The molecule has 1 rings (SSSR count). The summed E-state index contributed by atoms with van der Waals surface area (Å²) in [5.74, 6) is -0.299. The summed E-state index contributed by atoms with van der Waals surface area (Å²) in [6.45, 7) is 0.961. The fourth-order valence-corrected chi connectivity index (χ4v) is 1.45. The molecule has 0 aromatic carbocycles. The lowest BCUT2D eigenvalue weighted by molar-refractivity contribution is -0.221. The monoisotopic (exact) mass is 205 g/mol. The van der Waals surface area contributed by atoms with Crippen LogP contribution in [-0.2, 0) is 9.53 Å². The maximum Gasteiger partial charge on any atom is 0.217 e. The van der Waals surface area contributed by atoms with Crippen LogP contribution in [0.15, 0.2) is 0 Å². The number of amides is 1. The standard InChI is InChI=1S/C8H15NO5/c1-4(11)9-5-2-6(12)7(3-10)14-8(5)13/h5-8,10,12-13H,2-3H2,1H3,(H,9,11)/t5-,6-,7+,8?/m0/s1. The van der Waals surface area contributed by atoms with Gasteiger partial charge in [0.25, 0.3) is 0 Å². The van der Waals surface area contributed by atoms with Crippen molar-refractivity contribution in [1.29, 1.82) is 0 Å². The van der Waals surface area contributed by atoms with E-state index in [0.717, 1.165) is 0 Å². The molecule has 1 amide bonds. The minimum absolute atomic E-state index is 0.173. The van der Waals surface area contributed by atoms with Crippen LogP contribution in [0.2, 0.25) is 0 Å². The van der Waals surface area contributed by atoms with E-state index < -0.39 is 24.5 Å². The average Bonchev–Trinajstić information content (AvgIpc) is 2.10. The van der Waals surface area contributed by atoms with E-state index in [-0.39, 0.29) is 18.9 Å². The van der Waals surface area contributed by atoms with Crippen LogP contribution in [0.5, 0.6) is 0 Å². The summed E-state index contributed by atoms with van der Waals surface area (Å²) < 4.78 is 4.90. The van der Waals surface area contributed by atoms with Gasteiger partial charge in [-0.25, -0.2) is 0 Å². The summed E-state index contributed by atoms with van der Waals surface area (Å²) in [6.07, 6.45) is -2.67. The predicted molar refractivity (Wildman–Crippen MR) is 46.2 cm³/mol. The number of aliphatic hydroxyl groups is 3. The van der Waals surface area contributed by atoms with Gasteiger partial charge >= 0.3 is 0 Å². The van der Waals surface area contributed by atoms with Crippen molar-refractivity contribution in [3.8, 4) is 0 Å². The minimum atomic E-state index is -1.18. The Bertz CT molecular complexity index is 210. The second-order valence-electron chi connectivity index (χ2n) is 3.36. The van der Waals surface area contributed by atoms with Crippen molar-refractivity contribution >= 4 is 5.91 Å². The molecular formula is C8H15NO5. The Morgan fingerprint density at radius 2 is 2.21 bits per heavy atom. The Labute approximate surface area is 81.5 Å². The van der Waals surface area contributed by atoms with Crippen LogP contribution < -0.4 is 5.32 Å². The largest absolute Gasteiger partial charge is 0.394 e. The molecule has 1 heterocycles. The zero-order chi connectivity index (χ0) is 10.7. The topological polar surface area (TPSA) is 99.0 Å². The van der Waals surface area contributed by atoms with Crippen molar-refractivity contribution < 1.29 is 24.9 Å². The Hall–Kier alpha value is -0.690. The molecule has 1 aliphatic heterocycles. The molecule has 1 fully saturated rings. The SMILES string of the molecule is CC(=O)N[C@H]1C[C@H](O)[C@@H](CO)OC1O. The normalized spacial score (nSPS) is 38.0. The Kier molecular flexibility index (Phi) is 3.82. The van der Waals surface area contributed by atoms with Gasteiger partial charge in [-0.3, -0.25) is 4.79 Å². The van der Waals surface area contributed by atoms with Crippen LogP contribution in [0.3, 0.4) is 0 Å². The van der Waals surface area contributed by atoms with Crippen molar-refractivity contribution in [2.75, 3.05) is 6.61 Å². The highest BCUT2D eigenvalue weighted by Gasteiger charge is 2.36. The summed E-state index contributed by atoms with van der Waals surface area (Å²) in [5, 5.41) is 30.0. The molecule has 6 nitrogen and oxygen atoms in total. The third kappa shape index (κ3) is 2.65. The number of hydrogen-bond donors (Lipinski definition) is 4. The maximum absolute atomic E-state index is 10.7. The fraction of sp³-hybridized carbons (Fsp3) is 0.875. The lowest BCUT2D eigenvalue weighted by Crippen LogP contribution is -2.55. The van der Waals surface area contributed by atoms with Crippen LogP contribution in [0.4, 0.5) is 0 Å². The molecule has 0 radical (unpaired) electrons. The molecule has 4 atom stereocenters. The van der Waals surface area contributed by atoms with E-state index in [4.69, 9.17) is 9.84 Å². The number of nitrogens with one attached hydrogen (secondary N) is 1. The third-order valence-corrected chi connectivity index (χ3v) is 2.15. The molecule has 0 spiro atoms. The second-order valence-corrected chi connectivity index (χ2v) is 3.36. The lowest BCUT2D eigenvalue weighted by Gasteiger charge is -2.36. The van der Waals surface area contributed by atoms with Crippen LogP contribution >= 0.6 is 0 Å². The van der Waals surface area contributed by atoms with Crippen molar-refractivity contribution in [2.45, 2.75) is 37.9 Å². The molecule has 0 saturated carbocycles. The van der Waals surface area contributed by atoms with Gasteiger partial charge in [-0.15, -0.1) is 0 Å². The van der Waals surface area contributed by atoms with E-state index in [1.807, 2.05) is 0 Å².